The van der Waals surface area contributed by atoms with Crippen LogP contribution in [0.4, 0.5) is 10.9 Å². The zero-order valence-corrected chi connectivity index (χ0v) is 13.9. The Hall–Kier alpha value is -1.34. The van der Waals surface area contributed by atoms with Gasteiger partial charge >= 0.3 is 0 Å². The van der Waals surface area contributed by atoms with Crippen molar-refractivity contribution in [1.82, 2.24) is 14.8 Å². The number of anilines is 2. The van der Waals surface area contributed by atoms with Gasteiger partial charge in [-0.3, -0.25) is 4.79 Å². The summed E-state index contributed by atoms with van der Waals surface area (Å²) in [7, 11) is 5.87. The van der Waals surface area contributed by atoms with Gasteiger partial charge in [0.1, 0.15) is 10.7 Å². The maximum atomic E-state index is 12.4. The molecule has 6 nitrogen and oxygen atoms in total. The summed E-state index contributed by atoms with van der Waals surface area (Å²) in [5.74, 6) is 0.302. The van der Waals surface area contributed by atoms with E-state index < -0.39 is 0 Å². The second kappa shape index (κ2) is 7.09. The minimum atomic E-state index is -0.0367. The fourth-order valence-electron chi connectivity index (χ4n) is 2.17. The van der Waals surface area contributed by atoms with E-state index in [1.165, 1.54) is 30.6 Å². The van der Waals surface area contributed by atoms with Crippen LogP contribution in [0.1, 0.15) is 35.4 Å². The van der Waals surface area contributed by atoms with Crippen molar-refractivity contribution in [1.29, 1.82) is 0 Å². The van der Waals surface area contributed by atoms with E-state index in [1.807, 2.05) is 21.1 Å². The number of hydrogen-bond donors (Lipinski definition) is 2. The molecule has 1 aromatic rings. The SMILES string of the molecule is CN(C)CCCN(C)C(=O)c1sc(NC2CCC2)nc1N. The predicted molar refractivity (Wildman–Crippen MR) is 87.9 cm³/mol. The largest absolute Gasteiger partial charge is 0.382 e. The van der Waals surface area contributed by atoms with Crippen LogP contribution in [0, 0.1) is 0 Å². The molecule has 1 aromatic heterocycles. The van der Waals surface area contributed by atoms with Gasteiger partial charge in [0.25, 0.3) is 5.91 Å². The minimum Gasteiger partial charge on any atom is -0.382 e. The molecule has 0 aromatic carbocycles. The van der Waals surface area contributed by atoms with E-state index >= 15 is 0 Å². The predicted octanol–water partition coefficient (Wildman–Crippen LogP) is 1.71. The first-order valence-corrected chi connectivity index (χ1v) is 8.22. The number of amides is 1. The molecule has 1 heterocycles. The Morgan fingerprint density at radius 1 is 1.38 bits per heavy atom. The van der Waals surface area contributed by atoms with E-state index in [0.717, 1.165) is 24.6 Å². The summed E-state index contributed by atoms with van der Waals surface area (Å²) in [4.78, 5) is 21.1. The average molecular weight is 311 g/mol. The highest BCUT2D eigenvalue weighted by Crippen LogP contribution is 2.30. The Morgan fingerprint density at radius 3 is 2.67 bits per heavy atom. The number of nitrogens with zero attached hydrogens (tertiary/aromatic N) is 3. The average Bonchev–Trinajstić information content (AvgIpc) is 2.73. The molecule has 0 aliphatic heterocycles. The van der Waals surface area contributed by atoms with Crippen LogP contribution in [-0.4, -0.2) is 61.0 Å². The maximum absolute atomic E-state index is 12.4. The highest BCUT2D eigenvalue weighted by atomic mass is 32.1. The number of rotatable bonds is 7. The van der Waals surface area contributed by atoms with Gasteiger partial charge < -0.3 is 20.9 Å². The number of nitrogens with two attached hydrogens (primary N) is 1. The summed E-state index contributed by atoms with van der Waals surface area (Å²) in [6.45, 7) is 1.68. The minimum absolute atomic E-state index is 0.0367. The zero-order valence-electron chi connectivity index (χ0n) is 13.1. The Labute approximate surface area is 130 Å². The molecule has 118 valence electrons. The molecule has 1 aliphatic carbocycles. The lowest BCUT2D eigenvalue weighted by molar-refractivity contribution is 0.0796. The van der Waals surface area contributed by atoms with Gasteiger partial charge in [0.15, 0.2) is 5.13 Å². The van der Waals surface area contributed by atoms with Crippen LogP contribution < -0.4 is 11.1 Å². The fourth-order valence-corrected chi connectivity index (χ4v) is 3.13. The first-order valence-electron chi connectivity index (χ1n) is 7.40. The van der Waals surface area contributed by atoms with Gasteiger partial charge in [-0.15, -0.1) is 0 Å². The summed E-state index contributed by atoms with van der Waals surface area (Å²) in [5.41, 5.74) is 5.90. The third-order valence-corrected chi connectivity index (χ3v) is 4.72. The van der Waals surface area contributed by atoms with Crippen LogP contribution >= 0.6 is 11.3 Å². The smallest absolute Gasteiger partial charge is 0.267 e. The summed E-state index contributed by atoms with van der Waals surface area (Å²) < 4.78 is 0. The Bertz CT molecular complexity index is 484. The summed E-state index contributed by atoms with van der Waals surface area (Å²) in [5, 5.41) is 4.11. The summed E-state index contributed by atoms with van der Waals surface area (Å²) in [6, 6.07) is 0.497. The van der Waals surface area contributed by atoms with E-state index in [2.05, 4.69) is 15.2 Å². The molecular weight excluding hydrogens is 286 g/mol. The molecule has 2 rings (SSSR count). The number of hydrogen-bond acceptors (Lipinski definition) is 6. The highest BCUT2D eigenvalue weighted by Gasteiger charge is 2.23. The number of thiazole rings is 1. The van der Waals surface area contributed by atoms with Crippen LogP contribution in [0.5, 0.6) is 0 Å². The topological polar surface area (TPSA) is 74.5 Å². The van der Waals surface area contributed by atoms with Gasteiger partial charge in [-0.1, -0.05) is 11.3 Å². The normalized spacial score (nSPS) is 15.0. The van der Waals surface area contributed by atoms with Crippen molar-refractivity contribution in [3.8, 4) is 0 Å². The Morgan fingerprint density at radius 2 is 2.10 bits per heavy atom. The number of nitrogen functional groups attached to an aromatic ring is 1. The van der Waals surface area contributed by atoms with Gasteiger partial charge in [-0.2, -0.15) is 0 Å². The zero-order chi connectivity index (χ0) is 15.4. The lowest BCUT2D eigenvalue weighted by Crippen LogP contribution is -2.29. The molecule has 7 heteroatoms. The molecule has 0 saturated heterocycles. The molecular formula is C14H25N5OS. The molecule has 0 radical (unpaired) electrons. The van der Waals surface area contributed by atoms with Crippen molar-refractivity contribution < 1.29 is 4.79 Å². The Kier molecular flexibility index (Phi) is 5.41. The van der Waals surface area contributed by atoms with E-state index in [0.29, 0.717) is 16.7 Å². The first-order chi connectivity index (χ1) is 9.97. The van der Waals surface area contributed by atoms with Crippen molar-refractivity contribution in [2.75, 3.05) is 45.3 Å². The lowest BCUT2D eigenvalue weighted by Gasteiger charge is -2.25. The third-order valence-electron chi connectivity index (χ3n) is 3.73. The quantitative estimate of drug-likeness (QED) is 0.802. The van der Waals surface area contributed by atoms with Gasteiger partial charge in [-0.05, 0) is 46.3 Å². The van der Waals surface area contributed by atoms with Crippen molar-refractivity contribution in [3.63, 3.8) is 0 Å². The molecule has 3 N–H and O–H groups in total. The highest BCUT2D eigenvalue weighted by molar-refractivity contribution is 7.18. The standard InChI is InChI=1S/C14H25N5OS/c1-18(2)8-5-9-19(3)13(20)11-12(15)17-14(21-11)16-10-6-4-7-10/h10H,4-9,15H2,1-3H3,(H,16,17). The molecule has 1 amide bonds. The second-order valence-electron chi connectivity index (χ2n) is 5.89. The maximum Gasteiger partial charge on any atom is 0.267 e. The lowest BCUT2D eigenvalue weighted by atomic mass is 9.93. The Balaban J connectivity index is 1.91. The van der Waals surface area contributed by atoms with E-state index in [4.69, 9.17) is 5.73 Å². The van der Waals surface area contributed by atoms with Crippen molar-refractivity contribution in [2.24, 2.45) is 0 Å². The van der Waals surface area contributed by atoms with Gasteiger partial charge in [0.05, 0.1) is 0 Å². The molecule has 0 atom stereocenters. The van der Waals surface area contributed by atoms with Crippen molar-refractivity contribution in [3.05, 3.63) is 4.88 Å². The molecule has 0 bridgehead atoms. The monoisotopic (exact) mass is 311 g/mol. The number of nitrogens with one attached hydrogen (secondary N) is 1. The van der Waals surface area contributed by atoms with E-state index in [9.17, 15) is 4.79 Å². The molecule has 0 unspecified atom stereocenters. The molecule has 1 fully saturated rings. The first kappa shape index (κ1) is 16.0. The number of carbonyl (C=O) groups is 1. The molecule has 1 saturated carbocycles. The summed E-state index contributed by atoms with van der Waals surface area (Å²) in [6.07, 6.45) is 4.56. The van der Waals surface area contributed by atoms with E-state index in [1.54, 1.807) is 4.90 Å². The molecule has 1 aliphatic rings. The van der Waals surface area contributed by atoms with Crippen LogP contribution in [0.15, 0.2) is 0 Å². The molecule has 0 spiro atoms. The second-order valence-corrected chi connectivity index (χ2v) is 6.89. The van der Waals surface area contributed by atoms with Crippen molar-refractivity contribution in [2.45, 2.75) is 31.7 Å². The van der Waals surface area contributed by atoms with Crippen LogP contribution in [-0.2, 0) is 0 Å². The summed E-state index contributed by atoms with van der Waals surface area (Å²) >= 11 is 1.36. The van der Waals surface area contributed by atoms with Gasteiger partial charge in [0.2, 0.25) is 0 Å². The van der Waals surface area contributed by atoms with Gasteiger partial charge in [0, 0.05) is 19.6 Å². The third kappa shape index (κ3) is 4.31. The fraction of sp³-hybridized carbons (Fsp3) is 0.714. The van der Waals surface area contributed by atoms with Crippen LogP contribution in [0.3, 0.4) is 0 Å². The van der Waals surface area contributed by atoms with Crippen molar-refractivity contribution >= 4 is 28.2 Å². The van der Waals surface area contributed by atoms with E-state index in [-0.39, 0.29) is 5.91 Å². The number of aromatic nitrogens is 1. The van der Waals surface area contributed by atoms with Gasteiger partial charge in [-0.25, -0.2) is 4.98 Å². The number of carbonyl (C=O) groups excluding carboxylic acids is 1. The molecule has 21 heavy (non-hydrogen) atoms. The van der Waals surface area contributed by atoms with Crippen LogP contribution in [0.2, 0.25) is 0 Å². The van der Waals surface area contributed by atoms with Crippen LogP contribution in [0.25, 0.3) is 0 Å².